The molecule has 3 heterocycles. The lowest BCUT2D eigenvalue weighted by Crippen LogP contribution is -2.57. The molecule has 1 aliphatic heterocycles. The summed E-state index contributed by atoms with van der Waals surface area (Å²) in [7, 11) is 0. The van der Waals surface area contributed by atoms with E-state index in [0.29, 0.717) is 24.4 Å². The molecule has 1 aliphatic rings. The van der Waals surface area contributed by atoms with Crippen LogP contribution in [0.25, 0.3) is 0 Å². The summed E-state index contributed by atoms with van der Waals surface area (Å²) in [6.45, 7) is 9.52. The van der Waals surface area contributed by atoms with Gasteiger partial charge in [0.15, 0.2) is 11.5 Å². The van der Waals surface area contributed by atoms with E-state index in [-0.39, 0.29) is 49.3 Å². The summed E-state index contributed by atoms with van der Waals surface area (Å²) in [4.78, 5) is 68.4. The zero-order valence-corrected chi connectivity index (χ0v) is 26.8. The average molecular weight is 635 g/mol. The van der Waals surface area contributed by atoms with Gasteiger partial charge in [-0.2, -0.15) is 5.10 Å². The predicted molar refractivity (Wildman–Crippen MR) is 167 cm³/mol. The summed E-state index contributed by atoms with van der Waals surface area (Å²) in [6, 6.07) is 9.38. The lowest BCUT2D eigenvalue weighted by molar-refractivity contribution is -0.132. The molecule has 0 unspecified atom stereocenters. The number of nitrogens with zero attached hydrogens (tertiary/aromatic N) is 4. The molecule has 14 nitrogen and oxygen atoms in total. The van der Waals surface area contributed by atoms with Gasteiger partial charge in [0.2, 0.25) is 17.7 Å². The Kier molecular flexibility index (Phi) is 11.3. The molecule has 0 radical (unpaired) electrons. The molecular formula is C32H42N8O6. The zero-order valence-electron chi connectivity index (χ0n) is 26.8. The highest BCUT2D eigenvalue weighted by atomic mass is 16.5. The second kappa shape index (κ2) is 15.3. The number of aryl methyl sites for hydroxylation is 2. The standard InChI is InChI=1S/C32H42N8O6/c1-6-40-27(15-20(4)37-40)32(45)39-13-12-33-29(42)25(16-22-10-8-7-9-11-22)36-30(43)24(14-19(2)3)35-28(41)21(5)34-31(44)26-17-23(18-39)46-38-26/h7-11,15,17,19,21,24-25H,6,12-14,16,18H2,1-5H3,(H,33,42)(H,34,44)(H,35,41)(H,36,43)/t21-,24-,25-/m1/s1. The average Bonchev–Trinajstić information content (AvgIpc) is 3.65. The Morgan fingerprint density at radius 2 is 1.72 bits per heavy atom. The molecule has 1 aromatic carbocycles. The molecule has 2 aromatic heterocycles. The van der Waals surface area contributed by atoms with Crippen LogP contribution >= 0.6 is 0 Å². The van der Waals surface area contributed by atoms with Crippen molar-refractivity contribution in [1.82, 2.24) is 41.1 Å². The van der Waals surface area contributed by atoms with Crippen LogP contribution in [0.4, 0.5) is 0 Å². The van der Waals surface area contributed by atoms with Gasteiger partial charge in [0.05, 0.1) is 12.2 Å². The molecule has 3 aromatic rings. The number of benzene rings is 1. The van der Waals surface area contributed by atoms with Crippen molar-refractivity contribution in [1.29, 1.82) is 0 Å². The van der Waals surface area contributed by atoms with Crippen LogP contribution in [0.15, 0.2) is 47.0 Å². The molecule has 3 atom stereocenters. The van der Waals surface area contributed by atoms with E-state index in [1.807, 2.05) is 51.1 Å². The third kappa shape index (κ3) is 8.79. The molecule has 4 rings (SSSR count). The number of aromatic nitrogens is 3. The van der Waals surface area contributed by atoms with Crippen molar-refractivity contribution in [3.8, 4) is 0 Å². The van der Waals surface area contributed by atoms with E-state index in [9.17, 15) is 24.0 Å². The van der Waals surface area contributed by atoms with Crippen LogP contribution < -0.4 is 21.3 Å². The fourth-order valence-corrected chi connectivity index (χ4v) is 5.16. The number of carbonyl (C=O) groups is 5. The van der Waals surface area contributed by atoms with Gasteiger partial charge in [-0.15, -0.1) is 0 Å². The Morgan fingerprint density at radius 3 is 2.41 bits per heavy atom. The molecule has 0 aliphatic carbocycles. The summed E-state index contributed by atoms with van der Waals surface area (Å²) in [5, 5.41) is 19.2. The minimum absolute atomic E-state index is 0.0325. The van der Waals surface area contributed by atoms with Crippen LogP contribution in [-0.2, 0) is 33.9 Å². The molecular weight excluding hydrogens is 592 g/mol. The molecule has 0 saturated carbocycles. The first-order chi connectivity index (χ1) is 21.9. The van der Waals surface area contributed by atoms with Crippen LogP contribution in [0, 0.1) is 12.8 Å². The van der Waals surface area contributed by atoms with Crippen LogP contribution in [-0.4, -0.2) is 80.6 Å². The Morgan fingerprint density at radius 1 is 1.00 bits per heavy atom. The molecule has 0 saturated heterocycles. The molecule has 14 heteroatoms. The van der Waals surface area contributed by atoms with Gasteiger partial charge in [0, 0.05) is 32.1 Å². The number of rotatable bonds is 6. The smallest absolute Gasteiger partial charge is 0.274 e. The maximum absolute atomic E-state index is 13.7. The molecule has 46 heavy (non-hydrogen) atoms. The van der Waals surface area contributed by atoms with E-state index < -0.39 is 41.8 Å². The Balaban J connectivity index is 1.66. The third-order valence-corrected chi connectivity index (χ3v) is 7.52. The first-order valence-corrected chi connectivity index (χ1v) is 15.5. The molecule has 5 amide bonds. The summed E-state index contributed by atoms with van der Waals surface area (Å²) >= 11 is 0. The fraction of sp³-hybridized carbons (Fsp3) is 0.469. The van der Waals surface area contributed by atoms with Gasteiger partial charge >= 0.3 is 0 Å². The van der Waals surface area contributed by atoms with E-state index >= 15 is 0 Å². The van der Waals surface area contributed by atoms with Gasteiger partial charge in [-0.3, -0.25) is 28.7 Å². The van der Waals surface area contributed by atoms with Gasteiger partial charge in [-0.1, -0.05) is 49.3 Å². The predicted octanol–water partition coefficient (Wildman–Crippen LogP) is 1.35. The molecule has 2 bridgehead atoms. The van der Waals surface area contributed by atoms with Gasteiger partial charge in [-0.25, -0.2) is 0 Å². The quantitative estimate of drug-likeness (QED) is 0.314. The van der Waals surface area contributed by atoms with Gasteiger partial charge in [0.25, 0.3) is 11.8 Å². The van der Waals surface area contributed by atoms with Crippen LogP contribution in [0.3, 0.4) is 0 Å². The van der Waals surface area contributed by atoms with Crippen molar-refractivity contribution >= 4 is 29.5 Å². The minimum atomic E-state index is -1.02. The second-order valence-electron chi connectivity index (χ2n) is 11.8. The number of nitrogens with one attached hydrogen (secondary N) is 4. The van der Waals surface area contributed by atoms with Crippen molar-refractivity contribution < 1.29 is 28.5 Å². The van der Waals surface area contributed by atoms with E-state index in [4.69, 9.17) is 4.52 Å². The highest BCUT2D eigenvalue weighted by Gasteiger charge is 2.30. The minimum Gasteiger partial charge on any atom is -0.359 e. The number of carbonyl (C=O) groups excluding carboxylic acids is 5. The maximum atomic E-state index is 13.7. The number of fused-ring (bicyclic) bond motifs is 2. The normalized spacial score (nSPS) is 20.3. The maximum Gasteiger partial charge on any atom is 0.274 e. The molecule has 0 fully saturated rings. The lowest BCUT2D eigenvalue weighted by atomic mass is 10.0. The van der Waals surface area contributed by atoms with Gasteiger partial charge in [-0.05, 0) is 44.7 Å². The zero-order chi connectivity index (χ0) is 33.4. The molecule has 0 spiro atoms. The largest absolute Gasteiger partial charge is 0.359 e. The first-order valence-electron chi connectivity index (χ1n) is 15.5. The third-order valence-electron chi connectivity index (χ3n) is 7.52. The summed E-state index contributed by atoms with van der Waals surface area (Å²) < 4.78 is 6.99. The van der Waals surface area contributed by atoms with Crippen molar-refractivity contribution in [2.75, 3.05) is 13.1 Å². The van der Waals surface area contributed by atoms with Gasteiger partial charge < -0.3 is 30.7 Å². The topological polar surface area (TPSA) is 181 Å². The Hall–Kier alpha value is -5.01. The number of hydrogen-bond donors (Lipinski definition) is 4. The van der Waals surface area contributed by atoms with Crippen LogP contribution in [0.2, 0.25) is 0 Å². The van der Waals surface area contributed by atoms with Crippen molar-refractivity contribution in [2.45, 2.75) is 78.7 Å². The monoisotopic (exact) mass is 634 g/mol. The SMILES string of the molecule is CCn1nc(C)cc1C(=O)N1CCNC(=O)[C@@H](Cc2ccccc2)NC(=O)[C@@H](CC(C)C)NC(=O)[C@@H](C)NC(=O)c2cc(on2)C1. The van der Waals surface area contributed by atoms with Crippen LogP contribution in [0.1, 0.15) is 72.1 Å². The van der Waals surface area contributed by atoms with Crippen molar-refractivity contribution in [3.63, 3.8) is 0 Å². The van der Waals surface area contributed by atoms with Gasteiger partial charge in [0.1, 0.15) is 23.8 Å². The fourth-order valence-electron chi connectivity index (χ4n) is 5.16. The summed E-state index contributed by atoms with van der Waals surface area (Å²) in [5.41, 5.74) is 1.78. The highest BCUT2D eigenvalue weighted by Crippen LogP contribution is 2.14. The van der Waals surface area contributed by atoms with E-state index in [2.05, 4.69) is 31.5 Å². The van der Waals surface area contributed by atoms with Crippen LogP contribution in [0.5, 0.6) is 0 Å². The van der Waals surface area contributed by atoms with Crippen molar-refractivity contribution in [3.05, 3.63) is 70.9 Å². The van der Waals surface area contributed by atoms with E-state index in [0.717, 1.165) is 5.56 Å². The summed E-state index contributed by atoms with van der Waals surface area (Å²) in [6.07, 6.45) is 0.501. The molecule has 246 valence electrons. The number of hydrogen-bond acceptors (Lipinski definition) is 8. The second-order valence-corrected chi connectivity index (χ2v) is 11.8. The Labute approximate surface area is 267 Å². The van der Waals surface area contributed by atoms with E-state index in [1.54, 1.807) is 17.7 Å². The highest BCUT2D eigenvalue weighted by molar-refractivity contribution is 5.97. The lowest BCUT2D eigenvalue weighted by Gasteiger charge is -2.26. The Bertz CT molecular complexity index is 1550. The van der Waals surface area contributed by atoms with E-state index in [1.165, 1.54) is 17.9 Å². The summed E-state index contributed by atoms with van der Waals surface area (Å²) in [5.74, 6) is -2.31. The molecule has 4 N–H and O–H groups in total. The first kappa shape index (κ1) is 33.9. The van der Waals surface area contributed by atoms with Crippen molar-refractivity contribution in [2.24, 2.45) is 5.92 Å². The number of amides is 5.